The average molecular weight is 628 g/mol. The minimum Gasteiger partial charge on any atom is -0.491 e. The van der Waals surface area contributed by atoms with Gasteiger partial charge in [-0.05, 0) is 43.7 Å². The maximum atomic E-state index is 12.8. The van der Waals surface area contributed by atoms with Crippen LogP contribution in [0.25, 0.3) is 5.69 Å². The second kappa shape index (κ2) is 17.9. The second-order valence-electron chi connectivity index (χ2n) is 10.2. The molecule has 1 atom stereocenters. The number of Topliss-reactive ketones (excluding diaryl/α,β-unsaturated/α-hetero) is 1. The first kappa shape index (κ1) is 33.7. The number of aromatic nitrogens is 3. The normalized spacial score (nSPS) is 14.1. The first-order valence-corrected chi connectivity index (χ1v) is 15.5. The van der Waals surface area contributed by atoms with Gasteiger partial charge < -0.3 is 29.4 Å². The zero-order chi connectivity index (χ0) is 31.1. The van der Waals surface area contributed by atoms with Crippen LogP contribution < -0.4 is 10.5 Å². The van der Waals surface area contributed by atoms with Crippen LogP contribution >= 0.6 is 11.6 Å². The Kier molecular flexibility index (Phi) is 13.7. The third-order valence-electron chi connectivity index (χ3n) is 6.84. The van der Waals surface area contributed by atoms with Crippen LogP contribution in [0, 0.1) is 6.92 Å². The quantitative estimate of drug-likeness (QED) is 0.182. The molecule has 1 aliphatic rings. The fourth-order valence-electron chi connectivity index (χ4n) is 4.80. The Hall–Kier alpha value is -3.19. The molecule has 0 amide bonds. The number of aliphatic imine (C=N–C) groups is 1. The molecule has 0 unspecified atom stereocenters. The van der Waals surface area contributed by atoms with Gasteiger partial charge in [0.05, 0.1) is 64.3 Å². The van der Waals surface area contributed by atoms with Crippen molar-refractivity contribution >= 4 is 23.1 Å². The molecule has 1 aliphatic heterocycles. The number of hydrogen-bond donors (Lipinski definition) is 1. The molecule has 0 spiro atoms. The summed E-state index contributed by atoms with van der Waals surface area (Å²) in [5.74, 6) is 2.17. The van der Waals surface area contributed by atoms with Gasteiger partial charge in [-0.25, -0.2) is 0 Å². The van der Waals surface area contributed by atoms with Gasteiger partial charge in [0.1, 0.15) is 30.0 Å². The van der Waals surface area contributed by atoms with E-state index in [1.807, 2.05) is 60.9 Å². The summed E-state index contributed by atoms with van der Waals surface area (Å²) < 4.78 is 29.9. The van der Waals surface area contributed by atoms with Crippen LogP contribution in [0.1, 0.15) is 55.0 Å². The molecule has 3 aromatic rings. The number of carbonyl (C=O) groups excluding carboxylic acids is 1. The Morgan fingerprint density at radius 2 is 1.52 bits per heavy atom. The van der Waals surface area contributed by atoms with Crippen molar-refractivity contribution in [2.45, 2.75) is 39.2 Å². The van der Waals surface area contributed by atoms with E-state index in [0.717, 1.165) is 28.9 Å². The van der Waals surface area contributed by atoms with E-state index < -0.39 is 6.04 Å². The van der Waals surface area contributed by atoms with E-state index >= 15 is 0 Å². The molecule has 4 rings (SSSR count). The number of rotatable bonds is 20. The van der Waals surface area contributed by atoms with Crippen molar-refractivity contribution in [3.63, 3.8) is 0 Å². The van der Waals surface area contributed by atoms with Crippen molar-refractivity contribution in [3.05, 3.63) is 70.3 Å². The molecule has 11 nitrogen and oxygen atoms in total. The largest absolute Gasteiger partial charge is 0.491 e. The number of ether oxygens (including phenoxy) is 5. The maximum absolute atomic E-state index is 12.8. The van der Waals surface area contributed by atoms with Crippen molar-refractivity contribution in [1.29, 1.82) is 0 Å². The molecular weight excluding hydrogens is 586 g/mol. The summed E-state index contributed by atoms with van der Waals surface area (Å²) in [6, 6.07) is 12.9. The number of nitrogens with two attached hydrogens (primary N) is 1. The van der Waals surface area contributed by atoms with Gasteiger partial charge in [-0.2, -0.15) is 0 Å². The molecule has 0 fully saturated rings. The van der Waals surface area contributed by atoms with Crippen molar-refractivity contribution in [3.8, 4) is 11.4 Å². The number of aryl methyl sites for hydroxylation is 1. The van der Waals surface area contributed by atoms with Gasteiger partial charge in [-0.1, -0.05) is 30.7 Å². The average Bonchev–Trinajstić information content (AvgIpc) is 3.34. The van der Waals surface area contributed by atoms with Gasteiger partial charge >= 0.3 is 0 Å². The highest BCUT2D eigenvalue weighted by Gasteiger charge is 2.29. The summed E-state index contributed by atoms with van der Waals surface area (Å²) in [7, 11) is 0. The Labute approximate surface area is 263 Å². The predicted molar refractivity (Wildman–Crippen MR) is 168 cm³/mol. The minimum absolute atomic E-state index is 0.141. The van der Waals surface area contributed by atoms with Gasteiger partial charge in [-0.3, -0.25) is 14.4 Å². The summed E-state index contributed by atoms with van der Waals surface area (Å²) in [6.07, 6.45) is 1.53. The molecular formula is C32H42ClN5O6. The lowest BCUT2D eigenvalue weighted by Crippen LogP contribution is -2.15. The van der Waals surface area contributed by atoms with Crippen molar-refractivity contribution < 1.29 is 28.5 Å². The summed E-state index contributed by atoms with van der Waals surface area (Å²) >= 11 is 6.21. The fraction of sp³-hybridized carbons (Fsp3) is 0.500. The minimum atomic E-state index is -0.477. The van der Waals surface area contributed by atoms with Gasteiger partial charge in [-0.15, -0.1) is 10.2 Å². The van der Waals surface area contributed by atoms with Gasteiger partial charge in [0.25, 0.3) is 0 Å². The Morgan fingerprint density at radius 1 is 0.886 bits per heavy atom. The molecule has 1 aromatic heterocycles. The third kappa shape index (κ3) is 9.65. The van der Waals surface area contributed by atoms with Crippen LogP contribution in [0.3, 0.4) is 0 Å². The molecule has 0 radical (unpaired) electrons. The smallest absolute Gasteiger partial charge is 0.162 e. The zero-order valence-electron chi connectivity index (χ0n) is 25.5. The molecule has 0 saturated carbocycles. The standard InChI is InChI=1S/C32H42ClN5O6/c1-3-4-26(39)21-29-32-37-36-23(2)38(32)30-10-9-27(22-28(30)31(35-29)24-5-7-25(33)8-6-24)44-20-19-43-18-17-42-16-15-41-14-13-40-12-11-34/h5-10,22,29H,3-4,11-21,34H2,1-2H3/t29-/m0/s1. The highest BCUT2D eigenvalue weighted by atomic mass is 35.5. The molecule has 12 heteroatoms. The molecule has 2 N–H and O–H groups in total. The molecule has 0 aliphatic carbocycles. The van der Waals surface area contributed by atoms with E-state index in [9.17, 15) is 4.79 Å². The highest BCUT2D eigenvalue weighted by molar-refractivity contribution is 6.30. The van der Waals surface area contributed by atoms with E-state index in [4.69, 9.17) is 46.0 Å². The zero-order valence-corrected chi connectivity index (χ0v) is 26.3. The SMILES string of the molecule is CCCC(=O)C[C@@H]1N=C(c2ccc(Cl)cc2)c2cc(OCCOCCOCCOCCOCCN)ccc2-n2c(C)nnc21. The summed E-state index contributed by atoms with van der Waals surface area (Å²) in [6.45, 7) is 8.68. The first-order valence-electron chi connectivity index (χ1n) is 15.1. The monoisotopic (exact) mass is 627 g/mol. The lowest BCUT2D eigenvalue weighted by Gasteiger charge is -2.15. The Balaban J connectivity index is 1.39. The number of hydrogen-bond acceptors (Lipinski definition) is 10. The lowest BCUT2D eigenvalue weighted by atomic mass is 9.99. The number of fused-ring (bicyclic) bond motifs is 3. The molecule has 0 bridgehead atoms. The van der Waals surface area contributed by atoms with E-state index in [2.05, 4.69) is 10.2 Å². The molecule has 2 aromatic carbocycles. The van der Waals surface area contributed by atoms with E-state index in [1.54, 1.807) is 0 Å². The van der Waals surface area contributed by atoms with E-state index in [1.165, 1.54) is 0 Å². The summed E-state index contributed by atoms with van der Waals surface area (Å²) in [5, 5.41) is 9.42. The fourth-order valence-corrected chi connectivity index (χ4v) is 4.93. The number of benzene rings is 2. The van der Waals surface area contributed by atoms with Crippen molar-refractivity contribution in [2.75, 3.05) is 66.0 Å². The summed E-state index contributed by atoms with van der Waals surface area (Å²) in [5.41, 5.74) is 8.71. The van der Waals surface area contributed by atoms with Crippen molar-refractivity contribution in [2.24, 2.45) is 10.7 Å². The molecule has 2 heterocycles. The summed E-state index contributed by atoms with van der Waals surface area (Å²) in [4.78, 5) is 17.9. The van der Waals surface area contributed by atoms with Gasteiger partial charge in [0.15, 0.2) is 5.82 Å². The Bertz CT molecular complexity index is 1360. The maximum Gasteiger partial charge on any atom is 0.162 e. The second-order valence-corrected chi connectivity index (χ2v) is 10.6. The molecule has 44 heavy (non-hydrogen) atoms. The van der Waals surface area contributed by atoms with Crippen LogP contribution in [0.4, 0.5) is 0 Å². The molecule has 238 valence electrons. The highest BCUT2D eigenvalue weighted by Crippen LogP contribution is 2.34. The predicted octanol–water partition coefficient (Wildman–Crippen LogP) is 4.28. The molecule has 0 saturated heterocycles. The number of carbonyl (C=O) groups is 1. The van der Waals surface area contributed by atoms with Crippen LogP contribution in [0.15, 0.2) is 47.5 Å². The lowest BCUT2D eigenvalue weighted by molar-refractivity contribution is -0.119. The van der Waals surface area contributed by atoms with Crippen LogP contribution in [0.2, 0.25) is 5.02 Å². The topological polar surface area (TPSA) is 132 Å². The third-order valence-corrected chi connectivity index (χ3v) is 7.09. The van der Waals surface area contributed by atoms with Crippen LogP contribution in [-0.2, 0) is 23.7 Å². The van der Waals surface area contributed by atoms with Crippen molar-refractivity contribution in [1.82, 2.24) is 14.8 Å². The van der Waals surface area contributed by atoms with Crippen LogP contribution in [-0.4, -0.2) is 92.3 Å². The first-order chi connectivity index (χ1) is 21.5. The Morgan fingerprint density at radius 3 is 2.16 bits per heavy atom. The van der Waals surface area contributed by atoms with Gasteiger partial charge in [0, 0.05) is 35.5 Å². The number of nitrogens with zero attached hydrogens (tertiary/aromatic N) is 4. The number of ketones is 1. The number of halogens is 1. The van der Waals surface area contributed by atoms with E-state index in [0.29, 0.717) is 94.8 Å². The van der Waals surface area contributed by atoms with Crippen LogP contribution in [0.5, 0.6) is 5.75 Å². The van der Waals surface area contributed by atoms with Gasteiger partial charge in [0.2, 0.25) is 0 Å². The van der Waals surface area contributed by atoms with E-state index in [-0.39, 0.29) is 12.2 Å².